The van der Waals surface area contributed by atoms with Crippen LogP contribution in [0.3, 0.4) is 0 Å². The smallest absolute Gasteiger partial charge is 0.407 e. The molecule has 2 aromatic carbocycles. The highest BCUT2D eigenvalue weighted by molar-refractivity contribution is 5.79. The first kappa shape index (κ1) is 39.1. The van der Waals surface area contributed by atoms with Crippen LogP contribution in [0, 0.1) is 0 Å². The molecule has 1 unspecified atom stereocenters. The summed E-state index contributed by atoms with van der Waals surface area (Å²) in [5.41, 5.74) is 4.82. The maximum atomic E-state index is 12.3. The largest absolute Gasteiger partial charge is 0.449 e. The number of fused-ring (bicyclic) bond motifs is 3. The van der Waals surface area contributed by atoms with Gasteiger partial charge in [-0.15, -0.1) is 0 Å². The molecule has 0 saturated carbocycles. The molecule has 4 rings (SSSR count). The van der Waals surface area contributed by atoms with Crippen LogP contribution in [0.5, 0.6) is 0 Å². The third-order valence-corrected chi connectivity index (χ3v) is 7.98. The lowest BCUT2D eigenvalue weighted by atomic mass is 9.98. The molecule has 2 aromatic rings. The van der Waals surface area contributed by atoms with Crippen LogP contribution >= 0.6 is 0 Å². The van der Waals surface area contributed by atoms with Gasteiger partial charge in [0.15, 0.2) is 6.29 Å². The summed E-state index contributed by atoms with van der Waals surface area (Å²) >= 11 is 0. The van der Waals surface area contributed by atoms with Gasteiger partial charge in [0.25, 0.3) is 0 Å². The van der Waals surface area contributed by atoms with Crippen molar-refractivity contribution in [1.82, 2.24) is 5.32 Å². The summed E-state index contributed by atoms with van der Waals surface area (Å²) in [6, 6.07) is 16.6. The molecule has 1 aliphatic carbocycles. The Morgan fingerprint density at radius 1 is 0.612 bits per heavy atom. The number of amides is 1. The zero-order valence-corrected chi connectivity index (χ0v) is 28.8. The second kappa shape index (κ2) is 25.3. The number of nitrogens with one attached hydrogen (secondary N) is 1. The molecule has 2 aliphatic rings. The average molecular weight is 690 g/mol. The van der Waals surface area contributed by atoms with Crippen molar-refractivity contribution in [2.75, 3.05) is 119 Å². The fraction of sp³-hybridized carbons (Fsp3) is 0.649. The van der Waals surface area contributed by atoms with Crippen molar-refractivity contribution in [2.45, 2.75) is 37.9 Å². The quantitative estimate of drug-likeness (QED) is 0.127. The predicted molar refractivity (Wildman–Crippen MR) is 183 cm³/mol. The van der Waals surface area contributed by atoms with E-state index in [1.54, 1.807) is 0 Å². The molecule has 0 bridgehead atoms. The first-order chi connectivity index (χ1) is 24.3. The number of carbonyl (C=O) groups is 1. The summed E-state index contributed by atoms with van der Waals surface area (Å²) in [7, 11) is 0. The molecule has 0 radical (unpaired) electrons. The molecule has 1 N–H and O–H groups in total. The van der Waals surface area contributed by atoms with Crippen LogP contribution in [0.4, 0.5) is 4.79 Å². The third-order valence-electron chi connectivity index (χ3n) is 7.98. The minimum Gasteiger partial charge on any atom is -0.449 e. The van der Waals surface area contributed by atoms with E-state index in [0.29, 0.717) is 119 Å². The Balaban J connectivity index is 0.819. The molecule has 1 heterocycles. The Morgan fingerprint density at radius 3 is 1.57 bits per heavy atom. The predicted octanol–water partition coefficient (Wildman–Crippen LogP) is 4.57. The van der Waals surface area contributed by atoms with E-state index in [-0.39, 0.29) is 12.2 Å². The van der Waals surface area contributed by atoms with Crippen molar-refractivity contribution in [3.63, 3.8) is 0 Å². The van der Waals surface area contributed by atoms with E-state index < -0.39 is 6.09 Å². The van der Waals surface area contributed by atoms with E-state index in [1.165, 1.54) is 22.3 Å². The van der Waals surface area contributed by atoms with Gasteiger partial charge in [-0.2, -0.15) is 0 Å². The van der Waals surface area contributed by atoms with Gasteiger partial charge in [0.1, 0.15) is 6.61 Å². The Labute approximate surface area is 290 Å². The summed E-state index contributed by atoms with van der Waals surface area (Å²) < 4.78 is 55.3. The van der Waals surface area contributed by atoms with E-state index >= 15 is 0 Å². The maximum absolute atomic E-state index is 12.3. The monoisotopic (exact) mass is 689 g/mol. The number of ether oxygens (including phenoxy) is 10. The van der Waals surface area contributed by atoms with Crippen molar-refractivity contribution in [3.05, 3.63) is 59.7 Å². The van der Waals surface area contributed by atoms with E-state index in [4.69, 9.17) is 47.4 Å². The van der Waals surface area contributed by atoms with Crippen LogP contribution in [-0.4, -0.2) is 131 Å². The lowest BCUT2D eigenvalue weighted by molar-refractivity contribution is -0.169. The zero-order valence-electron chi connectivity index (χ0n) is 28.8. The molecular weight excluding hydrogens is 634 g/mol. The van der Waals surface area contributed by atoms with E-state index in [2.05, 4.69) is 29.6 Å². The number of carbonyl (C=O) groups excluding carboxylic acids is 1. The highest BCUT2D eigenvalue weighted by atomic mass is 16.7. The highest BCUT2D eigenvalue weighted by Gasteiger charge is 2.29. The summed E-state index contributed by atoms with van der Waals surface area (Å²) in [6.45, 7) is 9.25. The fourth-order valence-electron chi connectivity index (χ4n) is 5.52. The number of hydrogen-bond donors (Lipinski definition) is 1. The minimum absolute atomic E-state index is 0.0538. The second-order valence-electron chi connectivity index (χ2n) is 11.6. The van der Waals surface area contributed by atoms with Gasteiger partial charge < -0.3 is 52.7 Å². The van der Waals surface area contributed by atoms with Gasteiger partial charge in [0, 0.05) is 25.7 Å². The normalized spacial score (nSPS) is 15.6. The molecule has 1 atom stereocenters. The van der Waals surface area contributed by atoms with Gasteiger partial charge in [-0.25, -0.2) is 4.79 Å². The first-order valence-corrected chi connectivity index (χ1v) is 17.7. The number of alkyl carbamates (subject to hydrolysis) is 1. The molecule has 274 valence electrons. The van der Waals surface area contributed by atoms with Crippen LogP contribution in [0.2, 0.25) is 0 Å². The molecule has 12 heteroatoms. The molecule has 12 nitrogen and oxygen atoms in total. The average Bonchev–Trinajstić information content (AvgIpc) is 3.46. The molecule has 0 spiro atoms. The SMILES string of the molecule is O=C(NCCCOCCOCCOCCOCCOCCOCCOCCOC1CCCCO1)OCC1c2ccccc2-c2ccccc21. The Morgan fingerprint density at radius 2 is 1.08 bits per heavy atom. The summed E-state index contributed by atoms with van der Waals surface area (Å²) in [5, 5.41) is 2.81. The first-order valence-electron chi connectivity index (χ1n) is 17.7. The summed E-state index contributed by atoms with van der Waals surface area (Å²) in [4.78, 5) is 12.3. The van der Waals surface area contributed by atoms with Gasteiger partial charge in [0.05, 0.1) is 92.5 Å². The molecule has 1 aliphatic heterocycles. The second-order valence-corrected chi connectivity index (χ2v) is 11.6. The number of hydrogen-bond acceptors (Lipinski definition) is 11. The van der Waals surface area contributed by atoms with Gasteiger partial charge in [-0.3, -0.25) is 0 Å². The zero-order chi connectivity index (χ0) is 34.0. The van der Waals surface area contributed by atoms with Crippen molar-refractivity contribution in [3.8, 4) is 11.1 Å². The van der Waals surface area contributed by atoms with E-state index in [0.717, 1.165) is 25.9 Å². The lowest BCUT2D eigenvalue weighted by Gasteiger charge is -2.22. The number of benzene rings is 2. The topological polar surface area (TPSA) is 121 Å². The molecule has 1 fully saturated rings. The van der Waals surface area contributed by atoms with Crippen molar-refractivity contribution >= 4 is 6.09 Å². The Bertz CT molecular complexity index is 1100. The van der Waals surface area contributed by atoms with Crippen LogP contribution in [0.25, 0.3) is 11.1 Å². The standard InChI is InChI=1S/C37H55NO11/c39-37(49-30-35-33-10-3-1-8-31(33)32-9-2-4-11-34(32)35)38-13-7-14-40-16-17-41-18-19-42-20-21-43-22-23-44-24-25-45-26-27-46-28-29-48-36-12-5-6-15-47-36/h1-4,8-11,35-36H,5-7,12-30H2,(H,38,39). The molecule has 0 aromatic heterocycles. The summed E-state index contributed by atoms with van der Waals surface area (Å²) in [6.07, 6.45) is 3.46. The minimum atomic E-state index is -0.411. The Hall–Kier alpha value is -2.65. The number of rotatable bonds is 28. The van der Waals surface area contributed by atoms with Crippen molar-refractivity contribution in [1.29, 1.82) is 0 Å². The van der Waals surface area contributed by atoms with Gasteiger partial charge in [-0.05, 0) is 47.9 Å². The summed E-state index contributed by atoms with van der Waals surface area (Å²) in [5.74, 6) is 0.0538. The maximum Gasteiger partial charge on any atom is 0.407 e. The Kier molecular flexibility index (Phi) is 20.2. The molecule has 1 saturated heterocycles. The van der Waals surface area contributed by atoms with Crippen LogP contribution in [-0.2, 0) is 47.4 Å². The highest BCUT2D eigenvalue weighted by Crippen LogP contribution is 2.44. The van der Waals surface area contributed by atoms with Crippen molar-refractivity contribution < 1.29 is 52.2 Å². The van der Waals surface area contributed by atoms with Gasteiger partial charge >= 0.3 is 6.09 Å². The van der Waals surface area contributed by atoms with E-state index in [1.807, 2.05) is 24.3 Å². The van der Waals surface area contributed by atoms with Gasteiger partial charge in [-0.1, -0.05) is 48.5 Å². The lowest BCUT2D eigenvalue weighted by Crippen LogP contribution is -2.27. The van der Waals surface area contributed by atoms with Crippen LogP contribution in [0.1, 0.15) is 42.7 Å². The fourth-order valence-corrected chi connectivity index (χ4v) is 5.52. The molecule has 49 heavy (non-hydrogen) atoms. The van der Waals surface area contributed by atoms with Gasteiger partial charge in [0.2, 0.25) is 0 Å². The van der Waals surface area contributed by atoms with E-state index in [9.17, 15) is 4.79 Å². The third kappa shape index (κ3) is 15.8. The molecule has 1 amide bonds. The molecular formula is C37H55NO11. The van der Waals surface area contributed by atoms with Crippen molar-refractivity contribution in [2.24, 2.45) is 0 Å². The van der Waals surface area contributed by atoms with Crippen LogP contribution in [0.15, 0.2) is 48.5 Å². The van der Waals surface area contributed by atoms with Crippen LogP contribution < -0.4 is 5.32 Å².